The van der Waals surface area contributed by atoms with Gasteiger partial charge in [0.2, 0.25) is 11.8 Å². The van der Waals surface area contributed by atoms with Gasteiger partial charge in [-0.05, 0) is 90.3 Å². The molecule has 4 atom stereocenters. The Morgan fingerprint density at radius 1 is 0.750 bits per heavy atom. The van der Waals surface area contributed by atoms with Gasteiger partial charge in [0.15, 0.2) is 11.6 Å². The lowest BCUT2D eigenvalue weighted by Gasteiger charge is -2.32. The second-order valence-electron chi connectivity index (χ2n) is 17.2. The summed E-state index contributed by atoms with van der Waals surface area (Å²) in [5, 5.41) is 43.3. The molecule has 0 saturated heterocycles. The number of carbonyl (C=O) groups is 7. The van der Waals surface area contributed by atoms with Crippen molar-refractivity contribution in [1.29, 1.82) is 0 Å². The first-order valence-corrected chi connectivity index (χ1v) is 22.7. The molecule has 68 heavy (non-hydrogen) atoms. The zero-order chi connectivity index (χ0) is 49.5. The molecule has 0 aromatic heterocycles. The zero-order valence-corrected chi connectivity index (χ0v) is 38.6. The number of nitrogens with one attached hydrogen (secondary N) is 1. The van der Waals surface area contributed by atoms with E-state index in [2.05, 4.69) is 47.4 Å². The van der Waals surface area contributed by atoms with Crippen molar-refractivity contribution in [3.05, 3.63) is 132 Å². The molecule has 2 amide bonds. The average Bonchev–Trinajstić information content (AvgIpc) is 3.31. The normalized spacial score (nSPS) is 16.2. The number of phenolic OH excluding ortho intramolecular Hbond substituents is 2. The summed E-state index contributed by atoms with van der Waals surface area (Å²) in [6.07, 6.45) is 1.61. The van der Waals surface area contributed by atoms with E-state index in [1.165, 1.54) is 55.3 Å². The highest BCUT2D eigenvalue weighted by Crippen LogP contribution is 2.40. The second kappa shape index (κ2) is 24.4. The largest absolute Gasteiger partial charge is 0.550 e. The fourth-order valence-electron chi connectivity index (χ4n) is 8.34. The lowest BCUT2D eigenvalue weighted by atomic mass is 9.88. The Bertz CT molecular complexity index is 2590. The molecule has 1 aliphatic heterocycles. The average molecular weight is 926 g/mol. The van der Waals surface area contributed by atoms with Crippen LogP contribution in [-0.4, -0.2) is 81.0 Å². The van der Waals surface area contributed by atoms with Crippen molar-refractivity contribution in [2.45, 2.75) is 83.7 Å². The summed E-state index contributed by atoms with van der Waals surface area (Å²) in [7, 11) is 1.46. The van der Waals surface area contributed by atoms with Crippen molar-refractivity contribution in [2.75, 3.05) is 13.6 Å². The third-order valence-electron chi connectivity index (χ3n) is 12.0. The number of ketones is 3. The number of rotatable bonds is 16. The molecule has 14 heteroatoms. The summed E-state index contributed by atoms with van der Waals surface area (Å²) in [6, 6.07) is 31.9. The SMILES string of the molecule is CC(=O)[O-].C[C@@H]1CC(=O)[C@@H](N(C)C(=O)C(CCCC[NH3+])CC(=O)CCCC(=O)c2ccc(-c3ccc(-c4ccccc4)cc3)cc2)c2ccc(O)c(c2)-c2cc(ccc2O)C[C@@H](C(=O)O)NC1=O. The number of unbranched alkanes of at least 4 members (excludes halogenated alkanes) is 1. The highest BCUT2D eigenvalue weighted by molar-refractivity contribution is 5.98. The predicted molar refractivity (Wildman–Crippen MR) is 254 cm³/mol. The van der Waals surface area contributed by atoms with Crippen molar-refractivity contribution in [3.8, 4) is 44.9 Å². The molecular weight excluding hydrogens is 867 g/mol. The molecule has 1 aliphatic rings. The van der Waals surface area contributed by atoms with Crippen molar-refractivity contribution in [2.24, 2.45) is 11.8 Å². The number of carboxylic acids is 2. The quantitative estimate of drug-likeness (QED) is 0.0558. The lowest BCUT2D eigenvalue weighted by Crippen LogP contribution is -2.50. The van der Waals surface area contributed by atoms with Gasteiger partial charge in [-0.25, -0.2) is 4.79 Å². The minimum Gasteiger partial charge on any atom is -0.550 e. The predicted octanol–water partition coefficient (Wildman–Crippen LogP) is 6.12. The molecule has 0 aliphatic carbocycles. The number of aliphatic carboxylic acids is 2. The summed E-state index contributed by atoms with van der Waals surface area (Å²) >= 11 is 0. The summed E-state index contributed by atoms with van der Waals surface area (Å²) in [6.45, 7) is 3.10. The Labute approximate surface area is 395 Å². The van der Waals surface area contributed by atoms with Crippen LogP contribution in [0.1, 0.15) is 92.7 Å². The van der Waals surface area contributed by atoms with Gasteiger partial charge >= 0.3 is 5.97 Å². The van der Waals surface area contributed by atoms with Gasteiger partial charge in [-0.1, -0.05) is 97.9 Å². The maximum atomic E-state index is 14.5. The third-order valence-corrected chi connectivity index (χ3v) is 12.0. The topological polar surface area (TPSA) is 246 Å². The number of nitrogens with zero attached hydrogens (tertiary/aromatic N) is 1. The van der Waals surface area contributed by atoms with Crippen molar-refractivity contribution >= 4 is 41.1 Å². The van der Waals surface area contributed by atoms with Crippen LogP contribution in [0, 0.1) is 11.8 Å². The smallest absolute Gasteiger partial charge is 0.326 e. The molecule has 1 heterocycles. The van der Waals surface area contributed by atoms with E-state index < -0.39 is 53.5 Å². The van der Waals surface area contributed by atoms with E-state index in [1.54, 1.807) is 12.1 Å². The lowest BCUT2D eigenvalue weighted by molar-refractivity contribution is -0.368. The monoisotopic (exact) mass is 925 g/mol. The van der Waals surface area contributed by atoms with Crippen molar-refractivity contribution in [1.82, 2.24) is 10.2 Å². The maximum absolute atomic E-state index is 14.5. The van der Waals surface area contributed by atoms with Gasteiger partial charge in [0, 0.05) is 73.6 Å². The first-order valence-electron chi connectivity index (χ1n) is 22.7. The van der Waals surface area contributed by atoms with Crippen LogP contribution in [0.4, 0.5) is 0 Å². The highest BCUT2D eigenvalue weighted by Gasteiger charge is 2.36. The highest BCUT2D eigenvalue weighted by atomic mass is 16.4. The number of aromatic hydroxyl groups is 2. The molecule has 4 bridgehead atoms. The molecule has 0 saturated carbocycles. The van der Waals surface area contributed by atoms with Gasteiger partial charge in [0.05, 0.1) is 6.54 Å². The van der Waals surface area contributed by atoms with Gasteiger partial charge in [-0.3, -0.25) is 24.0 Å². The van der Waals surface area contributed by atoms with Crippen LogP contribution < -0.4 is 16.2 Å². The zero-order valence-electron chi connectivity index (χ0n) is 38.6. The van der Waals surface area contributed by atoms with Crippen LogP contribution >= 0.6 is 0 Å². The van der Waals surface area contributed by atoms with E-state index in [0.717, 1.165) is 29.2 Å². The third kappa shape index (κ3) is 14.0. The molecule has 1 unspecified atom stereocenters. The number of quaternary nitrogens is 1. The number of hydrogen-bond donors (Lipinski definition) is 5. The van der Waals surface area contributed by atoms with E-state index in [4.69, 9.17) is 9.90 Å². The molecule has 0 spiro atoms. The van der Waals surface area contributed by atoms with E-state index in [-0.39, 0.29) is 66.3 Å². The van der Waals surface area contributed by atoms with Gasteiger partial charge in [0.1, 0.15) is 29.4 Å². The molecule has 7 N–H and O–H groups in total. The number of carboxylic acid groups (broad SMARTS) is 2. The summed E-state index contributed by atoms with van der Waals surface area (Å²) in [5.74, 6) is -6.52. The summed E-state index contributed by atoms with van der Waals surface area (Å²) < 4.78 is 0. The Morgan fingerprint density at radius 2 is 1.31 bits per heavy atom. The Morgan fingerprint density at radius 3 is 1.90 bits per heavy atom. The number of Topliss-reactive ketones (excluding diaryl/α,β-unsaturated/α-hetero) is 3. The Hall–Kier alpha value is -7.45. The molecule has 0 radical (unpaired) electrons. The number of hydrogen-bond acceptors (Lipinski definition) is 10. The minimum atomic E-state index is -1.35. The molecule has 0 fully saturated rings. The fraction of sp³-hybridized carbons (Fsp3) is 0.315. The number of carbonyl (C=O) groups excluding carboxylic acids is 6. The standard InChI is InChI=1S/C52H55N3O9.C2H4O2/c1-32-27-48(60)49(39-23-25-47(59)43(31-39)42-28-33(14-24-46(42)58)29-44(52(63)64)54-50(32)61)55(2)51(62)40(11-6-7-26-53)30-41(56)12-8-13-45(57)38-21-19-37(20-22-38)36-17-15-35(16-18-36)34-9-4-3-5-10-34;1-2(3)4/h3-5,9-10,14-25,28,31-32,40,44,49,58-59H,6-8,11-13,26-27,29-30,53H2,1-2H3,(H,54,61)(H,63,64);1H3,(H,3,4)/t32-,40?,44+,49+;/m1./s1. The van der Waals surface area contributed by atoms with Gasteiger partial charge < -0.3 is 41.2 Å². The fourth-order valence-corrected chi connectivity index (χ4v) is 8.34. The van der Waals surface area contributed by atoms with Crippen LogP contribution in [-0.2, 0) is 35.2 Å². The summed E-state index contributed by atoms with van der Waals surface area (Å²) in [5.41, 5.74) is 9.78. The first-order chi connectivity index (χ1) is 32.5. The van der Waals surface area contributed by atoms with Gasteiger partial charge in [-0.15, -0.1) is 0 Å². The molecule has 14 nitrogen and oxygen atoms in total. The van der Waals surface area contributed by atoms with Gasteiger partial charge in [-0.2, -0.15) is 0 Å². The maximum Gasteiger partial charge on any atom is 0.326 e. The number of phenols is 2. The Kier molecular flexibility index (Phi) is 18.5. The van der Waals surface area contributed by atoms with Crippen LogP contribution in [0.15, 0.2) is 115 Å². The van der Waals surface area contributed by atoms with E-state index in [1.807, 2.05) is 30.3 Å². The summed E-state index contributed by atoms with van der Waals surface area (Å²) in [4.78, 5) is 91.3. The first kappa shape index (κ1) is 51.5. The minimum absolute atomic E-state index is 0.0800. The van der Waals surface area contributed by atoms with Gasteiger partial charge in [0.25, 0.3) is 0 Å². The molecular formula is C54H59N3O11. The molecule has 5 aromatic rings. The molecule has 356 valence electrons. The Balaban J connectivity index is 0.00000208. The van der Waals surface area contributed by atoms with E-state index in [0.29, 0.717) is 48.9 Å². The number of amides is 2. The van der Waals surface area contributed by atoms with Crippen molar-refractivity contribution < 1.29 is 59.7 Å². The second-order valence-corrected chi connectivity index (χ2v) is 17.2. The van der Waals surface area contributed by atoms with Crippen LogP contribution in [0.2, 0.25) is 0 Å². The van der Waals surface area contributed by atoms with E-state index in [9.17, 15) is 44.1 Å². The molecule has 6 rings (SSSR count). The number of likely N-dealkylation sites (N-methyl/N-ethyl adjacent to an activating group) is 1. The van der Waals surface area contributed by atoms with Crippen LogP contribution in [0.3, 0.4) is 0 Å². The van der Waals surface area contributed by atoms with Crippen molar-refractivity contribution in [3.63, 3.8) is 0 Å². The number of fused-ring (bicyclic) bond motifs is 5. The van der Waals surface area contributed by atoms with Crippen LogP contribution in [0.5, 0.6) is 11.5 Å². The van der Waals surface area contributed by atoms with E-state index >= 15 is 0 Å². The van der Waals surface area contributed by atoms with Crippen LogP contribution in [0.25, 0.3) is 33.4 Å². The molecule has 5 aromatic carbocycles. The number of benzene rings is 5.